The van der Waals surface area contributed by atoms with Gasteiger partial charge in [-0.2, -0.15) is 0 Å². The smallest absolute Gasteiger partial charge is 0.143 e. The quantitative estimate of drug-likeness (QED) is 0.343. The van der Waals surface area contributed by atoms with Gasteiger partial charge in [0, 0.05) is 18.5 Å². The first-order chi connectivity index (χ1) is 7.93. The SMILES string of the molecule is CC1CC(C)CC(N(C)CC(C)C(N)=NO)C1. The van der Waals surface area contributed by atoms with E-state index in [0.29, 0.717) is 11.9 Å². The molecule has 0 saturated heterocycles. The number of oxime groups is 1. The fraction of sp³-hybridized carbons (Fsp3) is 0.923. The lowest BCUT2D eigenvalue weighted by molar-refractivity contribution is 0.127. The van der Waals surface area contributed by atoms with Gasteiger partial charge in [0.1, 0.15) is 5.84 Å². The van der Waals surface area contributed by atoms with E-state index < -0.39 is 0 Å². The third kappa shape index (κ3) is 4.19. The molecule has 0 bridgehead atoms. The lowest BCUT2D eigenvalue weighted by Crippen LogP contribution is -2.42. The van der Waals surface area contributed by atoms with E-state index in [1.54, 1.807) is 0 Å². The molecule has 3 N–H and O–H groups in total. The van der Waals surface area contributed by atoms with Crippen LogP contribution in [0.2, 0.25) is 0 Å². The topological polar surface area (TPSA) is 61.8 Å². The van der Waals surface area contributed by atoms with Crippen molar-refractivity contribution in [3.63, 3.8) is 0 Å². The number of rotatable bonds is 4. The fourth-order valence-electron chi connectivity index (χ4n) is 3.04. The van der Waals surface area contributed by atoms with Crippen LogP contribution >= 0.6 is 0 Å². The summed E-state index contributed by atoms with van der Waals surface area (Å²) in [5, 5.41) is 11.7. The molecule has 0 spiro atoms. The molecule has 0 amide bonds. The van der Waals surface area contributed by atoms with Gasteiger partial charge >= 0.3 is 0 Å². The standard InChI is InChI=1S/C13H27N3O/c1-9-5-10(2)7-12(6-9)16(4)8-11(3)13(14)15-17/h9-12,17H,5-8H2,1-4H3,(H2,14,15). The molecule has 0 aromatic rings. The van der Waals surface area contributed by atoms with Crippen molar-refractivity contribution < 1.29 is 5.21 Å². The Balaban J connectivity index is 2.49. The van der Waals surface area contributed by atoms with Crippen LogP contribution in [0.4, 0.5) is 0 Å². The summed E-state index contributed by atoms with van der Waals surface area (Å²) in [7, 11) is 2.15. The molecule has 3 unspecified atom stereocenters. The van der Waals surface area contributed by atoms with E-state index in [2.05, 4.69) is 31.0 Å². The molecule has 1 rings (SSSR count). The maximum Gasteiger partial charge on any atom is 0.143 e. The summed E-state index contributed by atoms with van der Waals surface area (Å²) >= 11 is 0. The molecule has 17 heavy (non-hydrogen) atoms. The normalized spacial score (nSPS) is 32.8. The summed E-state index contributed by atoms with van der Waals surface area (Å²) in [5.41, 5.74) is 5.62. The second-order valence-electron chi connectivity index (χ2n) is 5.94. The zero-order chi connectivity index (χ0) is 13.0. The highest BCUT2D eigenvalue weighted by Gasteiger charge is 2.27. The van der Waals surface area contributed by atoms with Gasteiger partial charge in [-0.1, -0.05) is 25.9 Å². The van der Waals surface area contributed by atoms with Crippen LogP contribution in [-0.2, 0) is 0 Å². The highest BCUT2D eigenvalue weighted by atomic mass is 16.4. The number of nitrogens with zero attached hydrogens (tertiary/aromatic N) is 2. The third-order valence-electron chi connectivity index (χ3n) is 3.96. The van der Waals surface area contributed by atoms with Crippen molar-refractivity contribution in [1.29, 1.82) is 0 Å². The number of amidine groups is 1. The molecule has 3 atom stereocenters. The Hall–Kier alpha value is -0.770. The number of hydrogen-bond acceptors (Lipinski definition) is 3. The van der Waals surface area contributed by atoms with Crippen molar-refractivity contribution in [2.24, 2.45) is 28.6 Å². The van der Waals surface area contributed by atoms with Crippen LogP contribution < -0.4 is 5.73 Å². The average molecular weight is 241 g/mol. The monoisotopic (exact) mass is 241 g/mol. The molecule has 4 heteroatoms. The molecule has 0 radical (unpaired) electrons. The first kappa shape index (κ1) is 14.3. The molecule has 0 heterocycles. The summed E-state index contributed by atoms with van der Waals surface area (Å²) in [4.78, 5) is 2.37. The number of nitrogens with two attached hydrogens (primary N) is 1. The maximum absolute atomic E-state index is 8.66. The van der Waals surface area contributed by atoms with Gasteiger partial charge in [0.25, 0.3) is 0 Å². The number of hydrogen-bond donors (Lipinski definition) is 2. The Labute approximate surface area is 105 Å². The second kappa shape index (κ2) is 6.24. The van der Waals surface area contributed by atoms with Crippen LogP contribution in [0.1, 0.15) is 40.0 Å². The summed E-state index contributed by atoms with van der Waals surface area (Å²) in [5.74, 6) is 2.06. The summed E-state index contributed by atoms with van der Waals surface area (Å²) in [6, 6.07) is 0.641. The van der Waals surface area contributed by atoms with Gasteiger partial charge < -0.3 is 15.8 Å². The van der Waals surface area contributed by atoms with Crippen LogP contribution in [-0.4, -0.2) is 35.6 Å². The molecular weight excluding hydrogens is 214 g/mol. The lowest BCUT2D eigenvalue weighted by Gasteiger charge is -2.38. The van der Waals surface area contributed by atoms with Crippen molar-refractivity contribution >= 4 is 5.84 Å². The van der Waals surface area contributed by atoms with E-state index in [1.165, 1.54) is 19.3 Å². The largest absolute Gasteiger partial charge is 0.409 e. The summed E-state index contributed by atoms with van der Waals surface area (Å²) in [6.45, 7) is 7.54. The van der Waals surface area contributed by atoms with Crippen molar-refractivity contribution in [3.05, 3.63) is 0 Å². The molecule has 100 valence electrons. The third-order valence-corrected chi connectivity index (χ3v) is 3.96. The van der Waals surface area contributed by atoms with Gasteiger partial charge in [-0.3, -0.25) is 0 Å². The minimum absolute atomic E-state index is 0.109. The molecule has 1 aliphatic carbocycles. The second-order valence-corrected chi connectivity index (χ2v) is 5.94. The molecule has 0 aromatic carbocycles. The van der Waals surface area contributed by atoms with Gasteiger partial charge in [0.2, 0.25) is 0 Å². The summed E-state index contributed by atoms with van der Waals surface area (Å²) < 4.78 is 0. The van der Waals surface area contributed by atoms with Crippen LogP contribution in [0.3, 0.4) is 0 Å². The Morgan fingerprint density at radius 3 is 2.35 bits per heavy atom. The van der Waals surface area contributed by atoms with Gasteiger partial charge in [0.05, 0.1) is 0 Å². The van der Waals surface area contributed by atoms with Crippen LogP contribution in [0.25, 0.3) is 0 Å². The van der Waals surface area contributed by atoms with Crippen molar-refractivity contribution in [1.82, 2.24) is 4.90 Å². The van der Waals surface area contributed by atoms with E-state index >= 15 is 0 Å². The predicted octanol–water partition coefficient (Wildman–Crippen LogP) is 2.13. The highest BCUT2D eigenvalue weighted by Crippen LogP contribution is 2.31. The van der Waals surface area contributed by atoms with E-state index in [4.69, 9.17) is 10.9 Å². The minimum atomic E-state index is 0.109. The fourth-order valence-corrected chi connectivity index (χ4v) is 3.04. The van der Waals surface area contributed by atoms with Gasteiger partial charge in [-0.25, -0.2) is 0 Å². The molecular formula is C13H27N3O. The van der Waals surface area contributed by atoms with Crippen molar-refractivity contribution in [2.45, 2.75) is 46.1 Å². The molecule has 0 aliphatic heterocycles. The molecule has 1 saturated carbocycles. The highest BCUT2D eigenvalue weighted by molar-refractivity contribution is 5.82. The molecule has 1 aliphatic rings. The summed E-state index contributed by atoms with van der Waals surface area (Å²) in [6.07, 6.45) is 3.88. The average Bonchev–Trinajstić information content (AvgIpc) is 2.26. The van der Waals surface area contributed by atoms with Crippen LogP contribution in [0, 0.1) is 17.8 Å². The van der Waals surface area contributed by atoms with Crippen molar-refractivity contribution in [2.75, 3.05) is 13.6 Å². The zero-order valence-electron chi connectivity index (χ0n) is 11.6. The molecule has 0 aromatic heterocycles. The van der Waals surface area contributed by atoms with Gasteiger partial charge in [0.15, 0.2) is 0 Å². The van der Waals surface area contributed by atoms with Crippen molar-refractivity contribution in [3.8, 4) is 0 Å². The first-order valence-electron chi connectivity index (χ1n) is 6.61. The maximum atomic E-state index is 8.66. The minimum Gasteiger partial charge on any atom is -0.409 e. The lowest BCUT2D eigenvalue weighted by atomic mass is 9.80. The van der Waals surface area contributed by atoms with E-state index in [9.17, 15) is 0 Å². The van der Waals surface area contributed by atoms with Gasteiger partial charge in [-0.05, 0) is 38.1 Å². The Bertz CT molecular complexity index is 257. The molecule has 1 fully saturated rings. The Morgan fingerprint density at radius 2 is 1.88 bits per heavy atom. The Kier molecular flexibility index (Phi) is 5.25. The van der Waals surface area contributed by atoms with E-state index in [1.807, 2.05) is 6.92 Å². The van der Waals surface area contributed by atoms with Gasteiger partial charge in [-0.15, -0.1) is 0 Å². The Morgan fingerprint density at radius 1 is 1.35 bits per heavy atom. The van der Waals surface area contributed by atoms with Crippen LogP contribution in [0.15, 0.2) is 5.16 Å². The van der Waals surface area contributed by atoms with Crippen LogP contribution in [0.5, 0.6) is 0 Å². The predicted molar refractivity (Wildman–Crippen MR) is 71.2 cm³/mol. The van der Waals surface area contributed by atoms with E-state index in [-0.39, 0.29) is 5.92 Å². The zero-order valence-corrected chi connectivity index (χ0v) is 11.6. The molecule has 4 nitrogen and oxygen atoms in total. The van der Waals surface area contributed by atoms with E-state index in [0.717, 1.165) is 18.4 Å². The first-order valence-corrected chi connectivity index (χ1v) is 6.61.